The molecule has 0 saturated carbocycles. The average molecular weight is 316 g/mol. The predicted molar refractivity (Wildman–Crippen MR) is 88.1 cm³/mol. The van der Waals surface area contributed by atoms with Crippen LogP contribution in [0.5, 0.6) is 0 Å². The van der Waals surface area contributed by atoms with Gasteiger partial charge in [-0.05, 0) is 45.2 Å². The van der Waals surface area contributed by atoms with E-state index < -0.39 is 5.60 Å². The molecule has 2 heterocycles. The largest absolute Gasteiger partial charge is 0.444 e. The number of anilines is 1. The monoisotopic (exact) mass is 316 g/mol. The van der Waals surface area contributed by atoms with E-state index in [2.05, 4.69) is 11.1 Å². The first-order chi connectivity index (χ1) is 10.8. The minimum atomic E-state index is -0.471. The number of amides is 1. The first kappa shape index (κ1) is 17.1. The molecule has 0 unspecified atom stereocenters. The maximum atomic E-state index is 12.1. The third-order valence-electron chi connectivity index (χ3n) is 3.74. The Hall–Kier alpha value is -2.29. The van der Waals surface area contributed by atoms with Gasteiger partial charge >= 0.3 is 6.09 Å². The van der Waals surface area contributed by atoms with Crippen molar-refractivity contribution in [2.24, 2.45) is 5.92 Å². The zero-order chi connectivity index (χ0) is 17.0. The molecule has 6 heteroatoms. The van der Waals surface area contributed by atoms with Gasteiger partial charge < -0.3 is 14.5 Å². The lowest BCUT2D eigenvalue weighted by atomic mass is 10.1. The molecule has 1 aromatic heterocycles. The quantitative estimate of drug-likeness (QED) is 0.857. The minimum Gasteiger partial charge on any atom is -0.444 e. The van der Waals surface area contributed by atoms with E-state index in [1.165, 1.54) is 0 Å². The summed E-state index contributed by atoms with van der Waals surface area (Å²) in [6, 6.07) is 5.69. The Morgan fingerprint density at radius 3 is 2.96 bits per heavy atom. The molecule has 0 aromatic carbocycles. The summed E-state index contributed by atoms with van der Waals surface area (Å²) >= 11 is 0. The van der Waals surface area contributed by atoms with Crippen LogP contribution in [0.3, 0.4) is 0 Å². The van der Waals surface area contributed by atoms with Gasteiger partial charge in [0.15, 0.2) is 0 Å². The van der Waals surface area contributed by atoms with Crippen molar-refractivity contribution >= 4 is 11.9 Å². The molecule has 1 saturated heterocycles. The van der Waals surface area contributed by atoms with Crippen molar-refractivity contribution < 1.29 is 9.53 Å². The Labute approximate surface area is 137 Å². The molecule has 23 heavy (non-hydrogen) atoms. The Balaban J connectivity index is 1.93. The maximum Gasteiger partial charge on any atom is 0.410 e. The number of pyridine rings is 1. The van der Waals surface area contributed by atoms with Crippen molar-refractivity contribution in [3.63, 3.8) is 0 Å². The molecule has 1 aliphatic rings. The zero-order valence-corrected chi connectivity index (χ0v) is 14.2. The number of nitrogens with zero attached hydrogens (tertiary/aromatic N) is 4. The molecule has 0 N–H and O–H groups in total. The second kappa shape index (κ2) is 6.86. The Kier molecular flexibility index (Phi) is 5.09. The third kappa shape index (κ3) is 4.59. The number of aromatic nitrogens is 1. The predicted octanol–water partition coefficient (Wildman–Crippen LogP) is 2.65. The van der Waals surface area contributed by atoms with Gasteiger partial charge in [0.25, 0.3) is 0 Å². The molecule has 1 aromatic rings. The summed E-state index contributed by atoms with van der Waals surface area (Å²) < 4.78 is 5.41. The summed E-state index contributed by atoms with van der Waals surface area (Å²) in [5.41, 5.74) is 0.0960. The lowest BCUT2D eigenvalue weighted by Gasteiger charge is -2.25. The number of carbonyl (C=O) groups excluding carboxylic acids is 1. The standard InChI is InChI=1S/C17H24N4O2/c1-17(2,3)23-16(22)21-9-7-13(12-21)11-20(4)15-14(10-18)6-5-8-19-15/h5-6,8,13H,7,9,11-12H2,1-4H3/t13-/m1/s1. The van der Waals surface area contributed by atoms with Crippen LogP contribution in [0.1, 0.15) is 32.8 Å². The minimum absolute atomic E-state index is 0.252. The van der Waals surface area contributed by atoms with Crippen molar-refractivity contribution in [1.82, 2.24) is 9.88 Å². The van der Waals surface area contributed by atoms with E-state index in [0.29, 0.717) is 30.4 Å². The summed E-state index contributed by atoms with van der Waals surface area (Å²) in [6.07, 6.45) is 2.37. The fraction of sp³-hybridized carbons (Fsp3) is 0.588. The molecule has 1 amide bonds. The Morgan fingerprint density at radius 1 is 1.57 bits per heavy atom. The molecule has 2 rings (SSSR count). The van der Waals surface area contributed by atoms with E-state index in [1.54, 1.807) is 23.2 Å². The molecule has 124 valence electrons. The highest BCUT2D eigenvalue weighted by Crippen LogP contribution is 2.23. The number of nitriles is 1. The molecule has 0 spiro atoms. The van der Waals surface area contributed by atoms with Crippen molar-refractivity contribution in [2.75, 3.05) is 31.6 Å². The Bertz CT molecular complexity index is 603. The molecule has 0 aliphatic carbocycles. The summed E-state index contributed by atoms with van der Waals surface area (Å²) in [5, 5.41) is 9.17. The molecule has 6 nitrogen and oxygen atoms in total. The highest BCUT2D eigenvalue weighted by atomic mass is 16.6. The molecular weight excluding hydrogens is 292 g/mol. The van der Waals surface area contributed by atoms with Crippen molar-refractivity contribution in [3.05, 3.63) is 23.9 Å². The van der Waals surface area contributed by atoms with Crippen LogP contribution < -0.4 is 4.90 Å². The molecule has 1 atom stereocenters. The highest BCUT2D eigenvalue weighted by molar-refractivity contribution is 5.68. The van der Waals surface area contributed by atoms with Gasteiger partial charge in [-0.15, -0.1) is 0 Å². The van der Waals surface area contributed by atoms with E-state index in [9.17, 15) is 4.79 Å². The van der Waals surface area contributed by atoms with Crippen molar-refractivity contribution in [1.29, 1.82) is 5.26 Å². The first-order valence-corrected chi connectivity index (χ1v) is 7.84. The van der Waals surface area contributed by atoms with Crippen LogP contribution in [0.2, 0.25) is 0 Å². The van der Waals surface area contributed by atoms with E-state index in [0.717, 1.165) is 13.0 Å². The van der Waals surface area contributed by atoms with Gasteiger partial charge in [0.1, 0.15) is 17.5 Å². The summed E-state index contributed by atoms with van der Waals surface area (Å²) in [5.74, 6) is 1.03. The highest BCUT2D eigenvalue weighted by Gasteiger charge is 2.30. The summed E-state index contributed by atoms with van der Waals surface area (Å²) in [7, 11) is 1.93. The van der Waals surface area contributed by atoms with Crippen molar-refractivity contribution in [2.45, 2.75) is 32.8 Å². The molecule has 1 aliphatic heterocycles. The van der Waals surface area contributed by atoms with Crippen LogP contribution in [-0.2, 0) is 4.74 Å². The summed E-state index contributed by atoms with van der Waals surface area (Å²) in [4.78, 5) is 20.1. The smallest absolute Gasteiger partial charge is 0.410 e. The SMILES string of the molecule is CN(C[C@H]1CCN(C(=O)OC(C)(C)C)C1)c1ncccc1C#N. The third-order valence-corrected chi connectivity index (χ3v) is 3.74. The van der Waals surface area contributed by atoms with Crippen LogP contribution in [0.4, 0.5) is 10.6 Å². The van der Waals surface area contributed by atoms with E-state index in [4.69, 9.17) is 10.00 Å². The van der Waals surface area contributed by atoms with Crippen LogP contribution in [0.15, 0.2) is 18.3 Å². The lowest BCUT2D eigenvalue weighted by molar-refractivity contribution is 0.0288. The molecular formula is C17H24N4O2. The number of likely N-dealkylation sites (tertiary alicyclic amines) is 1. The number of carbonyl (C=O) groups is 1. The average Bonchev–Trinajstić information content (AvgIpc) is 2.94. The van der Waals surface area contributed by atoms with Gasteiger partial charge in [-0.1, -0.05) is 0 Å². The number of hydrogen-bond donors (Lipinski definition) is 0. The fourth-order valence-electron chi connectivity index (χ4n) is 2.74. The van der Waals surface area contributed by atoms with Crippen LogP contribution in [-0.4, -0.2) is 48.3 Å². The first-order valence-electron chi connectivity index (χ1n) is 7.84. The normalized spacial score (nSPS) is 17.7. The van der Waals surface area contributed by atoms with Gasteiger partial charge in [-0.3, -0.25) is 0 Å². The topological polar surface area (TPSA) is 69.5 Å². The number of rotatable bonds is 3. The molecule has 0 radical (unpaired) electrons. The summed E-state index contributed by atoms with van der Waals surface area (Å²) in [6.45, 7) is 7.75. The van der Waals surface area contributed by atoms with Crippen LogP contribution in [0.25, 0.3) is 0 Å². The molecule has 0 bridgehead atoms. The van der Waals surface area contributed by atoms with Gasteiger partial charge in [-0.25, -0.2) is 9.78 Å². The van der Waals surface area contributed by atoms with Crippen LogP contribution in [0, 0.1) is 17.2 Å². The van der Waals surface area contributed by atoms with Gasteiger partial charge in [0.05, 0.1) is 5.56 Å². The van der Waals surface area contributed by atoms with Gasteiger partial charge in [0, 0.05) is 32.9 Å². The van der Waals surface area contributed by atoms with Crippen LogP contribution >= 0.6 is 0 Å². The van der Waals surface area contributed by atoms with Crippen molar-refractivity contribution in [3.8, 4) is 6.07 Å². The molecule has 1 fully saturated rings. The van der Waals surface area contributed by atoms with Gasteiger partial charge in [-0.2, -0.15) is 5.26 Å². The number of hydrogen-bond acceptors (Lipinski definition) is 5. The lowest BCUT2D eigenvalue weighted by Crippen LogP contribution is -2.36. The van der Waals surface area contributed by atoms with E-state index >= 15 is 0 Å². The Morgan fingerprint density at radius 2 is 2.30 bits per heavy atom. The van der Waals surface area contributed by atoms with E-state index in [1.807, 2.05) is 32.7 Å². The zero-order valence-electron chi connectivity index (χ0n) is 14.2. The maximum absolute atomic E-state index is 12.1. The number of ether oxygens (including phenoxy) is 1. The fourth-order valence-corrected chi connectivity index (χ4v) is 2.74. The second-order valence-corrected chi connectivity index (χ2v) is 6.95. The van der Waals surface area contributed by atoms with Gasteiger partial charge in [0.2, 0.25) is 0 Å². The second-order valence-electron chi connectivity index (χ2n) is 6.95. The van der Waals surface area contributed by atoms with E-state index in [-0.39, 0.29) is 6.09 Å².